The largest absolute Gasteiger partial charge is 0.487 e. The molecule has 1 saturated heterocycles. The van der Waals surface area contributed by atoms with Crippen molar-refractivity contribution in [1.82, 2.24) is 10.3 Å². The SMILES string of the molecule is O=C(NCC1(c2ccccc2)CCOCC1)Nc1cccc(OCc2cscn2)c1. The highest BCUT2D eigenvalue weighted by atomic mass is 32.1. The van der Waals surface area contributed by atoms with Crippen LogP contribution in [0.15, 0.2) is 65.5 Å². The highest BCUT2D eigenvalue weighted by molar-refractivity contribution is 7.07. The number of carbonyl (C=O) groups is 1. The lowest BCUT2D eigenvalue weighted by Gasteiger charge is -2.38. The van der Waals surface area contributed by atoms with Gasteiger partial charge in [-0.1, -0.05) is 36.4 Å². The molecule has 4 rings (SSSR count). The molecule has 2 aromatic carbocycles. The van der Waals surface area contributed by atoms with E-state index in [-0.39, 0.29) is 11.4 Å². The van der Waals surface area contributed by atoms with E-state index in [1.807, 2.05) is 47.8 Å². The number of amides is 2. The molecule has 1 fully saturated rings. The van der Waals surface area contributed by atoms with Crippen molar-refractivity contribution in [2.75, 3.05) is 25.1 Å². The first kappa shape index (κ1) is 20.4. The topological polar surface area (TPSA) is 72.5 Å². The van der Waals surface area contributed by atoms with Gasteiger partial charge in [0.05, 0.1) is 11.2 Å². The Bertz CT molecular complexity index is 941. The Kier molecular flexibility index (Phi) is 6.61. The molecular formula is C23H25N3O3S. The van der Waals surface area contributed by atoms with Crippen molar-refractivity contribution in [2.45, 2.75) is 24.9 Å². The molecule has 30 heavy (non-hydrogen) atoms. The number of ether oxygens (including phenoxy) is 2. The minimum absolute atomic E-state index is 0.102. The molecular weight excluding hydrogens is 398 g/mol. The van der Waals surface area contributed by atoms with Crippen molar-refractivity contribution in [1.29, 1.82) is 0 Å². The molecule has 2 heterocycles. The zero-order valence-electron chi connectivity index (χ0n) is 16.7. The molecule has 2 amide bonds. The lowest BCUT2D eigenvalue weighted by Crippen LogP contribution is -2.45. The second-order valence-electron chi connectivity index (χ2n) is 7.36. The molecule has 0 spiro atoms. The minimum atomic E-state index is -0.228. The number of aromatic nitrogens is 1. The maximum atomic E-state index is 12.6. The number of nitrogens with zero attached hydrogens (tertiary/aromatic N) is 1. The predicted octanol–water partition coefficient (Wildman–Crippen LogP) is 4.59. The summed E-state index contributed by atoms with van der Waals surface area (Å²) in [6, 6.07) is 17.5. The highest BCUT2D eigenvalue weighted by Crippen LogP contribution is 2.34. The lowest BCUT2D eigenvalue weighted by molar-refractivity contribution is 0.0508. The van der Waals surface area contributed by atoms with Crippen molar-refractivity contribution >= 4 is 23.1 Å². The summed E-state index contributed by atoms with van der Waals surface area (Å²) in [5.41, 5.74) is 4.49. The van der Waals surface area contributed by atoms with Gasteiger partial charge in [0.2, 0.25) is 0 Å². The van der Waals surface area contributed by atoms with E-state index < -0.39 is 0 Å². The second-order valence-corrected chi connectivity index (χ2v) is 8.08. The summed E-state index contributed by atoms with van der Waals surface area (Å²) >= 11 is 1.54. The van der Waals surface area contributed by atoms with Crippen LogP contribution in [0.4, 0.5) is 10.5 Å². The van der Waals surface area contributed by atoms with Gasteiger partial charge in [-0.15, -0.1) is 11.3 Å². The lowest BCUT2D eigenvalue weighted by atomic mass is 9.74. The fraction of sp³-hybridized carbons (Fsp3) is 0.304. The Morgan fingerprint density at radius 2 is 1.97 bits per heavy atom. The molecule has 7 heteroatoms. The Labute approximate surface area is 180 Å². The fourth-order valence-corrected chi connectivity index (χ4v) is 4.22. The van der Waals surface area contributed by atoms with Crippen LogP contribution in [0.25, 0.3) is 0 Å². The second kappa shape index (κ2) is 9.73. The number of rotatable bonds is 7. The van der Waals surface area contributed by atoms with Crippen molar-refractivity contribution < 1.29 is 14.3 Å². The van der Waals surface area contributed by atoms with Gasteiger partial charge >= 0.3 is 6.03 Å². The fourth-order valence-electron chi connectivity index (χ4n) is 3.68. The molecule has 1 aromatic heterocycles. The van der Waals surface area contributed by atoms with Crippen molar-refractivity contribution in [3.63, 3.8) is 0 Å². The van der Waals surface area contributed by atoms with Gasteiger partial charge < -0.3 is 20.1 Å². The normalized spacial score (nSPS) is 15.3. The summed E-state index contributed by atoms with van der Waals surface area (Å²) in [4.78, 5) is 16.8. The molecule has 0 radical (unpaired) electrons. The van der Waals surface area contributed by atoms with Crippen LogP contribution in [-0.4, -0.2) is 30.8 Å². The van der Waals surface area contributed by atoms with Gasteiger partial charge in [0, 0.05) is 42.3 Å². The molecule has 0 saturated carbocycles. The van der Waals surface area contributed by atoms with Crippen LogP contribution in [0, 0.1) is 0 Å². The third kappa shape index (κ3) is 5.17. The zero-order valence-corrected chi connectivity index (χ0v) is 17.5. The average Bonchev–Trinajstić information content (AvgIpc) is 3.32. The van der Waals surface area contributed by atoms with Gasteiger partial charge in [-0.3, -0.25) is 0 Å². The molecule has 156 valence electrons. The number of anilines is 1. The molecule has 2 N–H and O–H groups in total. The standard InChI is InChI=1S/C23H25N3O3S/c27-22(24-16-23(9-11-28-12-10-23)18-5-2-1-3-6-18)26-19-7-4-8-21(13-19)29-14-20-15-30-17-25-20/h1-8,13,15,17H,9-12,14,16H2,(H2,24,26,27). The van der Waals surface area contributed by atoms with E-state index in [4.69, 9.17) is 9.47 Å². The van der Waals surface area contributed by atoms with Crippen LogP contribution in [0.3, 0.4) is 0 Å². The molecule has 6 nitrogen and oxygen atoms in total. The molecule has 0 bridgehead atoms. The summed E-state index contributed by atoms with van der Waals surface area (Å²) in [6.07, 6.45) is 1.77. The maximum absolute atomic E-state index is 12.6. The first-order chi connectivity index (χ1) is 14.7. The molecule has 0 atom stereocenters. The number of benzene rings is 2. The first-order valence-electron chi connectivity index (χ1n) is 10.0. The number of urea groups is 1. The van der Waals surface area contributed by atoms with Crippen molar-refractivity contribution in [2.24, 2.45) is 0 Å². The predicted molar refractivity (Wildman–Crippen MR) is 118 cm³/mol. The van der Waals surface area contributed by atoms with Gasteiger partial charge in [-0.25, -0.2) is 9.78 Å². The van der Waals surface area contributed by atoms with E-state index in [0.717, 1.165) is 18.5 Å². The minimum Gasteiger partial charge on any atom is -0.487 e. The van der Waals surface area contributed by atoms with Crippen LogP contribution in [0.1, 0.15) is 24.1 Å². The summed E-state index contributed by atoms with van der Waals surface area (Å²) in [5, 5.41) is 7.92. The van der Waals surface area contributed by atoms with Crippen LogP contribution < -0.4 is 15.4 Å². The monoisotopic (exact) mass is 423 g/mol. The van der Waals surface area contributed by atoms with Gasteiger partial charge in [0.25, 0.3) is 0 Å². The molecule has 3 aromatic rings. The summed E-state index contributed by atoms with van der Waals surface area (Å²) in [7, 11) is 0. The van der Waals surface area contributed by atoms with Gasteiger partial charge in [0.1, 0.15) is 12.4 Å². The molecule has 0 unspecified atom stereocenters. The average molecular weight is 424 g/mol. The molecule has 0 aliphatic carbocycles. The summed E-state index contributed by atoms with van der Waals surface area (Å²) < 4.78 is 11.3. The van der Waals surface area contributed by atoms with Crippen LogP contribution >= 0.6 is 11.3 Å². The first-order valence-corrected chi connectivity index (χ1v) is 11.0. The van der Waals surface area contributed by atoms with Gasteiger partial charge in [-0.05, 0) is 30.5 Å². The number of nitrogens with one attached hydrogen (secondary N) is 2. The van der Waals surface area contributed by atoms with E-state index in [1.165, 1.54) is 16.9 Å². The van der Waals surface area contributed by atoms with Gasteiger partial charge in [-0.2, -0.15) is 0 Å². The van der Waals surface area contributed by atoms with E-state index in [1.54, 1.807) is 5.51 Å². The van der Waals surface area contributed by atoms with E-state index in [0.29, 0.717) is 37.8 Å². The molecule has 1 aliphatic heterocycles. The maximum Gasteiger partial charge on any atom is 0.319 e. The van der Waals surface area contributed by atoms with Crippen molar-refractivity contribution in [3.05, 3.63) is 76.7 Å². The number of carbonyl (C=O) groups excluding carboxylic acids is 1. The number of thiazole rings is 1. The Balaban J connectivity index is 1.35. The smallest absolute Gasteiger partial charge is 0.319 e. The van der Waals surface area contributed by atoms with Crippen molar-refractivity contribution in [3.8, 4) is 5.75 Å². The van der Waals surface area contributed by atoms with Gasteiger partial charge in [0.15, 0.2) is 0 Å². The Morgan fingerprint density at radius 1 is 1.13 bits per heavy atom. The van der Waals surface area contributed by atoms with Crippen LogP contribution in [0.2, 0.25) is 0 Å². The Hall–Kier alpha value is -2.90. The Morgan fingerprint density at radius 3 is 2.73 bits per heavy atom. The van der Waals surface area contributed by atoms with Crippen LogP contribution in [-0.2, 0) is 16.8 Å². The summed E-state index contributed by atoms with van der Waals surface area (Å²) in [5.74, 6) is 0.686. The van der Waals surface area contributed by atoms with E-state index >= 15 is 0 Å². The van der Waals surface area contributed by atoms with E-state index in [9.17, 15) is 4.79 Å². The zero-order chi connectivity index (χ0) is 20.7. The third-order valence-electron chi connectivity index (χ3n) is 5.39. The summed E-state index contributed by atoms with van der Waals surface area (Å²) in [6.45, 7) is 2.38. The van der Waals surface area contributed by atoms with E-state index in [2.05, 4.69) is 27.8 Å². The van der Waals surface area contributed by atoms with Crippen LogP contribution in [0.5, 0.6) is 5.75 Å². The quantitative estimate of drug-likeness (QED) is 0.583. The number of hydrogen-bond donors (Lipinski definition) is 2. The number of hydrogen-bond acceptors (Lipinski definition) is 5. The highest BCUT2D eigenvalue weighted by Gasteiger charge is 2.34. The molecule has 1 aliphatic rings. The third-order valence-corrected chi connectivity index (χ3v) is 6.02.